The van der Waals surface area contributed by atoms with E-state index < -0.39 is 0 Å². The van der Waals surface area contributed by atoms with Gasteiger partial charge in [0.2, 0.25) is 0 Å². The van der Waals surface area contributed by atoms with E-state index in [1.54, 1.807) is 0 Å². The number of ether oxygens (including phenoxy) is 1. The fraction of sp³-hybridized carbons (Fsp3) is 0.429. The quantitative estimate of drug-likeness (QED) is 0.524. The number of hydrogen-bond donors (Lipinski definition) is 0. The Morgan fingerprint density at radius 1 is 1.00 bits per heavy atom. The van der Waals surface area contributed by atoms with Crippen LogP contribution in [0.3, 0.4) is 0 Å². The average Bonchev–Trinajstić information content (AvgIpc) is 3.11. The van der Waals surface area contributed by atoms with Crippen LogP contribution in [-0.2, 0) is 4.74 Å². The molecule has 0 unspecified atom stereocenters. The van der Waals surface area contributed by atoms with Crippen molar-refractivity contribution >= 4 is 0 Å². The summed E-state index contributed by atoms with van der Waals surface area (Å²) in [6.45, 7) is 0. The average molecular weight is 200 g/mol. The van der Waals surface area contributed by atoms with Crippen LogP contribution in [0.5, 0.6) is 0 Å². The molecule has 1 heterocycles. The van der Waals surface area contributed by atoms with E-state index in [1.807, 2.05) is 0 Å². The molecule has 15 heavy (non-hydrogen) atoms. The molecule has 2 aliphatic rings. The van der Waals surface area contributed by atoms with Crippen LogP contribution < -0.4 is 0 Å². The fourth-order valence-electron chi connectivity index (χ4n) is 2.41. The Hall–Kier alpha value is -1.08. The van der Waals surface area contributed by atoms with Crippen molar-refractivity contribution in [2.75, 3.05) is 0 Å². The minimum absolute atomic E-state index is 0.343. The maximum Gasteiger partial charge on any atom is 0.113 e. The summed E-state index contributed by atoms with van der Waals surface area (Å²) >= 11 is 0. The SMILES string of the molecule is C1=C([C@@H]2O[C@H]2c2ccccc2)CCCC1. The van der Waals surface area contributed by atoms with Gasteiger partial charge in [-0.05, 0) is 36.8 Å². The van der Waals surface area contributed by atoms with Gasteiger partial charge < -0.3 is 4.74 Å². The lowest BCUT2D eigenvalue weighted by atomic mass is 9.94. The summed E-state index contributed by atoms with van der Waals surface area (Å²) in [7, 11) is 0. The molecule has 3 rings (SSSR count). The molecule has 1 aliphatic carbocycles. The minimum Gasteiger partial charge on any atom is -0.360 e. The van der Waals surface area contributed by atoms with Crippen LogP contribution in [0.4, 0.5) is 0 Å². The molecular formula is C14H16O. The highest BCUT2D eigenvalue weighted by atomic mass is 16.6. The van der Waals surface area contributed by atoms with Crippen molar-refractivity contribution in [3.8, 4) is 0 Å². The van der Waals surface area contributed by atoms with E-state index in [0.717, 1.165) is 0 Å². The summed E-state index contributed by atoms with van der Waals surface area (Å²) in [5.74, 6) is 0. The zero-order valence-corrected chi connectivity index (χ0v) is 8.86. The molecule has 0 saturated carbocycles. The molecule has 0 bridgehead atoms. The molecule has 0 spiro atoms. The van der Waals surface area contributed by atoms with Crippen molar-refractivity contribution in [2.24, 2.45) is 0 Å². The van der Waals surface area contributed by atoms with Gasteiger partial charge in [0.1, 0.15) is 12.2 Å². The number of epoxide rings is 1. The number of rotatable bonds is 2. The van der Waals surface area contributed by atoms with Crippen LogP contribution in [0.15, 0.2) is 42.0 Å². The highest BCUT2D eigenvalue weighted by Crippen LogP contribution is 2.45. The number of hydrogen-bond acceptors (Lipinski definition) is 1. The molecule has 78 valence electrons. The molecule has 2 atom stereocenters. The van der Waals surface area contributed by atoms with E-state index >= 15 is 0 Å². The summed E-state index contributed by atoms with van der Waals surface area (Å²) in [6, 6.07) is 10.6. The first kappa shape index (κ1) is 9.17. The third-order valence-corrected chi connectivity index (χ3v) is 3.31. The first-order valence-electron chi connectivity index (χ1n) is 5.84. The smallest absolute Gasteiger partial charge is 0.113 e. The van der Waals surface area contributed by atoms with Gasteiger partial charge in [0.15, 0.2) is 0 Å². The Balaban J connectivity index is 1.71. The van der Waals surface area contributed by atoms with Crippen molar-refractivity contribution in [1.82, 2.24) is 0 Å². The molecular weight excluding hydrogens is 184 g/mol. The van der Waals surface area contributed by atoms with Crippen LogP contribution >= 0.6 is 0 Å². The van der Waals surface area contributed by atoms with Crippen molar-refractivity contribution < 1.29 is 4.74 Å². The molecule has 0 aromatic heterocycles. The second-order valence-corrected chi connectivity index (χ2v) is 4.41. The summed E-state index contributed by atoms with van der Waals surface area (Å²) in [4.78, 5) is 0. The lowest BCUT2D eigenvalue weighted by Crippen LogP contribution is -1.99. The Bertz CT molecular complexity index is 366. The van der Waals surface area contributed by atoms with Gasteiger partial charge in [-0.3, -0.25) is 0 Å². The topological polar surface area (TPSA) is 12.5 Å². The van der Waals surface area contributed by atoms with Crippen molar-refractivity contribution in [2.45, 2.75) is 37.9 Å². The zero-order valence-electron chi connectivity index (χ0n) is 8.86. The largest absolute Gasteiger partial charge is 0.360 e. The second kappa shape index (κ2) is 3.82. The van der Waals surface area contributed by atoms with Gasteiger partial charge in [0.25, 0.3) is 0 Å². The molecule has 1 aromatic carbocycles. The molecule has 0 N–H and O–H groups in total. The Labute approximate surface area is 90.8 Å². The maximum atomic E-state index is 5.77. The van der Waals surface area contributed by atoms with Gasteiger partial charge in [0.05, 0.1) is 0 Å². The van der Waals surface area contributed by atoms with E-state index in [9.17, 15) is 0 Å². The van der Waals surface area contributed by atoms with Gasteiger partial charge in [-0.1, -0.05) is 36.4 Å². The highest BCUT2D eigenvalue weighted by Gasteiger charge is 2.42. The maximum absolute atomic E-state index is 5.77. The molecule has 1 aliphatic heterocycles. The van der Waals surface area contributed by atoms with Gasteiger partial charge in [-0.15, -0.1) is 0 Å². The monoisotopic (exact) mass is 200 g/mol. The highest BCUT2D eigenvalue weighted by molar-refractivity contribution is 5.29. The lowest BCUT2D eigenvalue weighted by Gasteiger charge is -2.09. The molecule has 1 aromatic rings. The standard InChI is InChI=1S/C14H16O/c1-3-7-11(8-4-1)13-14(15-13)12-9-5-2-6-10-12/h1,3-4,7-9,13-14H,2,5-6,10H2/t13-,14-/m0/s1. The Kier molecular flexibility index (Phi) is 2.34. The predicted molar refractivity (Wildman–Crippen MR) is 60.6 cm³/mol. The van der Waals surface area contributed by atoms with E-state index in [2.05, 4.69) is 36.4 Å². The van der Waals surface area contributed by atoms with Crippen molar-refractivity contribution in [3.63, 3.8) is 0 Å². The molecule has 0 radical (unpaired) electrons. The molecule has 1 fully saturated rings. The van der Waals surface area contributed by atoms with Gasteiger partial charge >= 0.3 is 0 Å². The molecule has 1 heteroatoms. The third-order valence-electron chi connectivity index (χ3n) is 3.31. The predicted octanol–water partition coefficient (Wildman–Crippen LogP) is 3.63. The number of benzene rings is 1. The third kappa shape index (κ3) is 1.84. The Morgan fingerprint density at radius 3 is 2.60 bits per heavy atom. The first-order valence-corrected chi connectivity index (χ1v) is 5.84. The van der Waals surface area contributed by atoms with Crippen LogP contribution in [0.25, 0.3) is 0 Å². The summed E-state index contributed by atoms with van der Waals surface area (Å²) in [5, 5.41) is 0. The van der Waals surface area contributed by atoms with E-state index in [0.29, 0.717) is 12.2 Å². The van der Waals surface area contributed by atoms with Gasteiger partial charge in [-0.25, -0.2) is 0 Å². The van der Waals surface area contributed by atoms with E-state index in [4.69, 9.17) is 4.74 Å². The summed E-state index contributed by atoms with van der Waals surface area (Å²) in [5.41, 5.74) is 2.86. The first-order chi connectivity index (χ1) is 7.45. The lowest BCUT2D eigenvalue weighted by molar-refractivity contribution is 0.384. The Morgan fingerprint density at radius 2 is 1.87 bits per heavy atom. The fourth-order valence-corrected chi connectivity index (χ4v) is 2.41. The van der Waals surface area contributed by atoms with Crippen molar-refractivity contribution in [3.05, 3.63) is 47.5 Å². The van der Waals surface area contributed by atoms with Gasteiger partial charge in [-0.2, -0.15) is 0 Å². The molecule has 0 amide bonds. The van der Waals surface area contributed by atoms with Crippen molar-refractivity contribution in [1.29, 1.82) is 0 Å². The molecule has 1 saturated heterocycles. The molecule has 1 nitrogen and oxygen atoms in total. The van der Waals surface area contributed by atoms with Crippen LogP contribution in [-0.4, -0.2) is 6.10 Å². The zero-order chi connectivity index (χ0) is 10.1. The summed E-state index contributed by atoms with van der Waals surface area (Å²) < 4.78 is 5.77. The van der Waals surface area contributed by atoms with Crippen LogP contribution in [0.1, 0.15) is 37.4 Å². The minimum atomic E-state index is 0.343. The van der Waals surface area contributed by atoms with Gasteiger partial charge in [0, 0.05) is 0 Å². The summed E-state index contributed by atoms with van der Waals surface area (Å²) in [6.07, 6.45) is 8.31. The second-order valence-electron chi connectivity index (χ2n) is 4.41. The number of allylic oxidation sites excluding steroid dienone is 1. The normalized spacial score (nSPS) is 29.7. The van der Waals surface area contributed by atoms with Crippen LogP contribution in [0.2, 0.25) is 0 Å². The van der Waals surface area contributed by atoms with Crippen LogP contribution in [0, 0.1) is 0 Å². The van der Waals surface area contributed by atoms with E-state index in [1.165, 1.54) is 36.8 Å². The van der Waals surface area contributed by atoms with E-state index in [-0.39, 0.29) is 0 Å².